The van der Waals surface area contributed by atoms with Crippen molar-refractivity contribution in [3.05, 3.63) is 0 Å². The second kappa shape index (κ2) is 6.31. The molecule has 1 rings (SSSR count). The summed E-state index contributed by atoms with van der Waals surface area (Å²) in [5, 5.41) is 0. The van der Waals surface area contributed by atoms with Gasteiger partial charge in [-0.15, -0.1) is 0 Å². The number of halogens is 1. The van der Waals surface area contributed by atoms with E-state index in [9.17, 15) is 13.2 Å². The predicted octanol–water partition coefficient (Wildman–Crippen LogP) is 2.73. The van der Waals surface area contributed by atoms with Gasteiger partial charge in [0, 0.05) is 23.3 Å². The van der Waals surface area contributed by atoms with Gasteiger partial charge in [0.15, 0.2) is 0 Å². The second-order valence-corrected chi connectivity index (χ2v) is 8.75. The summed E-state index contributed by atoms with van der Waals surface area (Å²) in [5.74, 6) is -0.113. The van der Waals surface area contributed by atoms with Crippen LogP contribution in [0.2, 0.25) is 0 Å². The van der Waals surface area contributed by atoms with Crippen molar-refractivity contribution in [3.63, 3.8) is 0 Å². The summed E-state index contributed by atoms with van der Waals surface area (Å²) >= 11 is 0. The van der Waals surface area contributed by atoms with Gasteiger partial charge >= 0.3 is 6.09 Å². The van der Waals surface area contributed by atoms with Crippen molar-refractivity contribution >= 4 is 25.8 Å². The van der Waals surface area contributed by atoms with Crippen LogP contribution in [0, 0.1) is 0 Å². The number of ether oxygens (including phenoxy) is 1. The molecule has 1 unspecified atom stereocenters. The second-order valence-electron chi connectivity index (χ2n) is 5.85. The summed E-state index contributed by atoms with van der Waals surface area (Å²) in [7, 11) is 1.71. The lowest BCUT2D eigenvalue weighted by molar-refractivity contribution is 0.00953. The molecule has 1 saturated heterocycles. The van der Waals surface area contributed by atoms with E-state index in [1.165, 1.54) is 0 Å². The van der Waals surface area contributed by atoms with E-state index in [0.717, 1.165) is 19.3 Å². The number of amides is 1. The topological polar surface area (TPSA) is 63.7 Å². The monoisotopic (exact) mass is 311 g/mol. The van der Waals surface area contributed by atoms with Crippen LogP contribution in [-0.4, -0.2) is 43.4 Å². The van der Waals surface area contributed by atoms with Crippen LogP contribution >= 0.6 is 10.7 Å². The molecule has 1 amide bonds. The maximum Gasteiger partial charge on any atom is 0.410 e. The number of likely N-dealkylation sites (tertiary alicyclic amines) is 1. The fourth-order valence-electron chi connectivity index (χ4n) is 2.14. The van der Waals surface area contributed by atoms with E-state index < -0.39 is 14.7 Å². The molecular weight excluding hydrogens is 290 g/mol. The van der Waals surface area contributed by atoms with Crippen molar-refractivity contribution in [3.8, 4) is 0 Å². The molecule has 1 aliphatic heterocycles. The average Bonchev–Trinajstić information content (AvgIpc) is 2.23. The summed E-state index contributed by atoms with van der Waals surface area (Å²) in [5.41, 5.74) is -0.544. The molecule has 5 nitrogen and oxygen atoms in total. The summed E-state index contributed by atoms with van der Waals surface area (Å²) in [6.07, 6.45) is 2.70. The summed E-state index contributed by atoms with van der Waals surface area (Å²) < 4.78 is 27.4. The Morgan fingerprint density at radius 2 is 2.00 bits per heavy atom. The molecular formula is C12H22ClNO4S. The van der Waals surface area contributed by atoms with Gasteiger partial charge in [0.1, 0.15) is 5.60 Å². The Hall–Kier alpha value is -0.490. The standard InChI is InChI=1S/C12H22ClNO4S/c1-12(2,3)18-11(15)14-8-5-4-6-10(14)7-9-19(13,16)17/h10H,4-9H2,1-3H3. The SMILES string of the molecule is CC(C)(C)OC(=O)N1CCCCC1CCS(=O)(=O)Cl. The van der Waals surface area contributed by atoms with E-state index in [-0.39, 0.29) is 17.9 Å². The van der Waals surface area contributed by atoms with Gasteiger partial charge in [-0.3, -0.25) is 0 Å². The maximum absolute atomic E-state index is 12.1. The van der Waals surface area contributed by atoms with Crippen LogP contribution in [0.25, 0.3) is 0 Å². The quantitative estimate of drug-likeness (QED) is 0.752. The summed E-state index contributed by atoms with van der Waals surface area (Å²) in [6.45, 7) is 6.05. The van der Waals surface area contributed by atoms with Crippen molar-refractivity contribution < 1.29 is 17.9 Å². The fraction of sp³-hybridized carbons (Fsp3) is 0.917. The molecule has 7 heteroatoms. The molecule has 0 saturated carbocycles. The Bertz CT molecular complexity index is 416. The van der Waals surface area contributed by atoms with Crippen molar-refractivity contribution in [2.24, 2.45) is 0 Å². The van der Waals surface area contributed by atoms with E-state index in [0.29, 0.717) is 13.0 Å². The molecule has 0 aliphatic carbocycles. The number of nitrogens with zero attached hydrogens (tertiary/aromatic N) is 1. The molecule has 0 aromatic carbocycles. The summed E-state index contributed by atoms with van der Waals surface area (Å²) in [6, 6.07) is -0.0999. The minimum absolute atomic E-state index is 0.0999. The number of piperidine rings is 1. The Labute approximate surface area is 119 Å². The lowest BCUT2D eigenvalue weighted by Crippen LogP contribution is -2.46. The highest BCUT2D eigenvalue weighted by molar-refractivity contribution is 8.13. The van der Waals surface area contributed by atoms with Gasteiger partial charge in [-0.05, 0) is 46.5 Å². The van der Waals surface area contributed by atoms with E-state index >= 15 is 0 Å². The normalized spacial score (nSPS) is 21.3. The van der Waals surface area contributed by atoms with Crippen LogP contribution in [0.5, 0.6) is 0 Å². The van der Waals surface area contributed by atoms with Crippen molar-refractivity contribution in [2.75, 3.05) is 12.3 Å². The predicted molar refractivity (Wildman–Crippen MR) is 74.8 cm³/mol. The highest BCUT2D eigenvalue weighted by Gasteiger charge is 2.30. The molecule has 0 bridgehead atoms. The first-order valence-electron chi connectivity index (χ1n) is 6.50. The van der Waals surface area contributed by atoms with Gasteiger partial charge in [-0.25, -0.2) is 13.2 Å². The zero-order chi connectivity index (χ0) is 14.7. The van der Waals surface area contributed by atoms with Crippen LogP contribution in [0.15, 0.2) is 0 Å². The van der Waals surface area contributed by atoms with Crippen LogP contribution in [0.3, 0.4) is 0 Å². The minimum atomic E-state index is -3.51. The fourth-order valence-corrected chi connectivity index (χ4v) is 2.96. The highest BCUT2D eigenvalue weighted by atomic mass is 35.7. The van der Waals surface area contributed by atoms with E-state index in [4.69, 9.17) is 15.4 Å². The lowest BCUT2D eigenvalue weighted by Gasteiger charge is -2.36. The van der Waals surface area contributed by atoms with E-state index in [1.807, 2.05) is 20.8 Å². The van der Waals surface area contributed by atoms with E-state index in [1.54, 1.807) is 4.90 Å². The zero-order valence-electron chi connectivity index (χ0n) is 11.7. The zero-order valence-corrected chi connectivity index (χ0v) is 13.3. The van der Waals surface area contributed by atoms with Crippen molar-refractivity contribution in [1.82, 2.24) is 4.90 Å². The Balaban J connectivity index is 2.64. The highest BCUT2D eigenvalue weighted by Crippen LogP contribution is 2.23. The van der Waals surface area contributed by atoms with Gasteiger partial charge in [0.2, 0.25) is 9.05 Å². The third-order valence-electron chi connectivity index (χ3n) is 2.95. The first-order chi connectivity index (χ1) is 8.58. The minimum Gasteiger partial charge on any atom is -0.444 e. The third kappa shape index (κ3) is 6.47. The van der Waals surface area contributed by atoms with Gasteiger partial charge in [0.25, 0.3) is 0 Å². The smallest absolute Gasteiger partial charge is 0.410 e. The number of hydrogen-bond donors (Lipinski definition) is 0. The van der Waals surface area contributed by atoms with Crippen molar-refractivity contribution in [1.29, 1.82) is 0 Å². The number of carbonyl (C=O) groups excluding carboxylic acids is 1. The third-order valence-corrected chi connectivity index (χ3v) is 4.14. The first-order valence-corrected chi connectivity index (χ1v) is 8.98. The first kappa shape index (κ1) is 16.6. The average molecular weight is 312 g/mol. The number of rotatable bonds is 3. The largest absolute Gasteiger partial charge is 0.444 e. The Morgan fingerprint density at radius 1 is 1.37 bits per heavy atom. The van der Waals surface area contributed by atoms with E-state index in [2.05, 4.69) is 0 Å². The molecule has 0 N–H and O–H groups in total. The Morgan fingerprint density at radius 3 is 2.53 bits per heavy atom. The lowest BCUT2D eigenvalue weighted by atomic mass is 10.0. The number of carbonyl (C=O) groups is 1. The molecule has 1 heterocycles. The summed E-state index contributed by atoms with van der Waals surface area (Å²) in [4.78, 5) is 13.7. The Kier molecular flexibility index (Phi) is 5.50. The molecule has 1 fully saturated rings. The van der Waals surface area contributed by atoms with Crippen molar-refractivity contribution in [2.45, 2.75) is 58.1 Å². The molecule has 0 aromatic rings. The van der Waals surface area contributed by atoms with Crippen LogP contribution in [-0.2, 0) is 13.8 Å². The molecule has 0 aromatic heterocycles. The molecule has 19 heavy (non-hydrogen) atoms. The molecule has 112 valence electrons. The van der Waals surface area contributed by atoms with Gasteiger partial charge in [-0.2, -0.15) is 0 Å². The molecule has 0 radical (unpaired) electrons. The van der Waals surface area contributed by atoms with Crippen LogP contribution < -0.4 is 0 Å². The van der Waals surface area contributed by atoms with Gasteiger partial charge in [0.05, 0.1) is 5.75 Å². The van der Waals surface area contributed by atoms with Gasteiger partial charge in [-0.1, -0.05) is 0 Å². The van der Waals surface area contributed by atoms with Crippen LogP contribution in [0.1, 0.15) is 46.5 Å². The van der Waals surface area contributed by atoms with Crippen LogP contribution in [0.4, 0.5) is 4.79 Å². The maximum atomic E-state index is 12.1. The van der Waals surface area contributed by atoms with Gasteiger partial charge < -0.3 is 9.64 Å². The molecule has 1 atom stereocenters. The molecule has 1 aliphatic rings. The number of hydrogen-bond acceptors (Lipinski definition) is 4. The molecule has 0 spiro atoms.